The van der Waals surface area contributed by atoms with E-state index in [0.29, 0.717) is 11.1 Å². The molecule has 1 aliphatic heterocycles. The highest BCUT2D eigenvalue weighted by Crippen LogP contribution is 2.41. The Balaban J connectivity index is 1.87. The summed E-state index contributed by atoms with van der Waals surface area (Å²) in [6.45, 7) is 1.76. The van der Waals surface area contributed by atoms with Gasteiger partial charge >= 0.3 is 0 Å². The number of rotatable bonds is 4. The highest BCUT2D eigenvalue weighted by atomic mass is 32.1. The average Bonchev–Trinajstić information content (AvgIpc) is 3.33. The Morgan fingerprint density at radius 2 is 1.87 bits per heavy atom. The molecule has 1 aromatic heterocycles. The molecule has 152 valence electrons. The molecular weight excluding hydrogens is 405 g/mol. The van der Waals surface area contributed by atoms with Gasteiger partial charge in [-0.25, -0.2) is 4.39 Å². The number of aromatic hydroxyl groups is 1. The predicted molar refractivity (Wildman–Crippen MR) is 111 cm³/mol. The van der Waals surface area contributed by atoms with E-state index in [1.807, 2.05) is 17.5 Å². The van der Waals surface area contributed by atoms with Gasteiger partial charge in [-0.2, -0.15) is 0 Å². The molecule has 1 aliphatic rings. The van der Waals surface area contributed by atoms with Gasteiger partial charge < -0.3 is 15.1 Å². The first-order chi connectivity index (χ1) is 14.4. The largest absolute Gasteiger partial charge is 0.508 e. The van der Waals surface area contributed by atoms with Crippen LogP contribution in [0.25, 0.3) is 5.76 Å². The number of halogens is 1. The smallest absolute Gasteiger partial charge is 0.295 e. The van der Waals surface area contributed by atoms with Crippen molar-refractivity contribution in [3.63, 3.8) is 0 Å². The minimum Gasteiger partial charge on any atom is -0.508 e. The summed E-state index contributed by atoms with van der Waals surface area (Å²) < 4.78 is 13.7. The van der Waals surface area contributed by atoms with Crippen LogP contribution in [0.5, 0.6) is 5.75 Å². The first-order valence-electron chi connectivity index (χ1n) is 9.23. The highest BCUT2D eigenvalue weighted by Gasteiger charge is 2.46. The SMILES string of the molecule is Cc1cc(/C(O)=C2/C(=O)C(=O)N(Cc3cccs3)C2c2ccc(O)cc2)ccc1F. The van der Waals surface area contributed by atoms with Crippen molar-refractivity contribution in [3.8, 4) is 5.75 Å². The zero-order valence-corrected chi connectivity index (χ0v) is 16.8. The topological polar surface area (TPSA) is 77.8 Å². The molecule has 5 nitrogen and oxygen atoms in total. The van der Waals surface area contributed by atoms with E-state index in [1.165, 1.54) is 46.6 Å². The number of amides is 1. The summed E-state index contributed by atoms with van der Waals surface area (Å²) in [7, 11) is 0. The van der Waals surface area contributed by atoms with Gasteiger partial charge in [0.05, 0.1) is 18.2 Å². The van der Waals surface area contributed by atoms with Crippen LogP contribution < -0.4 is 0 Å². The molecule has 7 heteroatoms. The maximum Gasteiger partial charge on any atom is 0.295 e. The van der Waals surface area contributed by atoms with E-state index in [9.17, 15) is 24.2 Å². The Labute approximate surface area is 176 Å². The fourth-order valence-electron chi connectivity index (χ4n) is 3.56. The van der Waals surface area contributed by atoms with Crippen LogP contribution >= 0.6 is 11.3 Å². The second-order valence-electron chi connectivity index (χ2n) is 7.06. The van der Waals surface area contributed by atoms with Crippen molar-refractivity contribution in [2.45, 2.75) is 19.5 Å². The fourth-order valence-corrected chi connectivity index (χ4v) is 4.27. The third kappa shape index (κ3) is 3.48. The standard InChI is InChI=1S/C23H18FNO4S/c1-13-11-15(6-9-18(13)24)21(27)19-20(14-4-7-16(26)8-5-14)25(23(29)22(19)28)12-17-3-2-10-30-17/h2-11,20,26-27H,12H2,1H3/b21-19-. The van der Waals surface area contributed by atoms with Gasteiger partial charge in [0.2, 0.25) is 0 Å². The van der Waals surface area contributed by atoms with Crippen molar-refractivity contribution < 1.29 is 24.2 Å². The summed E-state index contributed by atoms with van der Waals surface area (Å²) in [6.07, 6.45) is 0. The predicted octanol–water partition coefficient (Wildman–Crippen LogP) is 4.52. The van der Waals surface area contributed by atoms with Gasteiger partial charge in [0.1, 0.15) is 17.3 Å². The number of phenolic OH excluding ortho intramolecular Hbond substituents is 1. The van der Waals surface area contributed by atoms with E-state index >= 15 is 0 Å². The fraction of sp³-hybridized carbons (Fsp3) is 0.130. The lowest BCUT2D eigenvalue weighted by atomic mass is 9.94. The number of aryl methyl sites for hydroxylation is 1. The molecule has 0 spiro atoms. The first kappa shape index (κ1) is 19.8. The van der Waals surface area contributed by atoms with Gasteiger partial charge in [0.25, 0.3) is 11.7 Å². The number of phenols is 1. The molecule has 0 saturated carbocycles. The van der Waals surface area contributed by atoms with Gasteiger partial charge in [-0.05, 0) is 59.8 Å². The van der Waals surface area contributed by atoms with Crippen LogP contribution in [0.4, 0.5) is 4.39 Å². The zero-order chi connectivity index (χ0) is 21.4. The van der Waals surface area contributed by atoms with Crippen molar-refractivity contribution in [3.05, 3.63) is 92.9 Å². The normalized spacial score (nSPS) is 18.2. The molecule has 1 fully saturated rings. The maximum atomic E-state index is 13.7. The van der Waals surface area contributed by atoms with E-state index in [1.54, 1.807) is 19.1 Å². The Morgan fingerprint density at radius 3 is 2.50 bits per heavy atom. The number of carbonyl (C=O) groups excluding carboxylic acids is 2. The average molecular weight is 423 g/mol. The van der Waals surface area contributed by atoms with Gasteiger partial charge in [-0.15, -0.1) is 11.3 Å². The third-order valence-electron chi connectivity index (χ3n) is 5.09. The lowest BCUT2D eigenvalue weighted by Gasteiger charge is -2.25. The van der Waals surface area contributed by atoms with Gasteiger partial charge in [0.15, 0.2) is 0 Å². The summed E-state index contributed by atoms with van der Waals surface area (Å²) in [5.41, 5.74) is 1.08. The van der Waals surface area contributed by atoms with Crippen LogP contribution in [0.3, 0.4) is 0 Å². The Kier molecular flexibility index (Phi) is 5.13. The molecule has 30 heavy (non-hydrogen) atoms. The zero-order valence-electron chi connectivity index (χ0n) is 16.0. The summed E-state index contributed by atoms with van der Waals surface area (Å²) >= 11 is 1.46. The number of likely N-dealkylation sites (tertiary alicyclic amines) is 1. The van der Waals surface area contributed by atoms with E-state index in [0.717, 1.165) is 4.88 Å². The number of ketones is 1. The van der Waals surface area contributed by atoms with E-state index in [2.05, 4.69) is 0 Å². The van der Waals surface area contributed by atoms with Crippen LogP contribution in [-0.4, -0.2) is 26.8 Å². The van der Waals surface area contributed by atoms with Crippen LogP contribution in [0, 0.1) is 12.7 Å². The molecule has 0 aliphatic carbocycles. The van der Waals surface area contributed by atoms with Crippen LogP contribution in [0.1, 0.15) is 27.6 Å². The van der Waals surface area contributed by atoms with Crippen LogP contribution in [0.15, 0.2) is 65.6 Å². The monoisotopic (exact) mass is 423 g/mol. The molecule has 4 rings (SSSR count). The number of aliphatic hydroxyl groups excluding tert-OH is 1. The Bertz CT molecular complexity index is 1150. The molecule has 2 N–H and O–H groups in total. The summed E-state index contributed by atoms with van der Waals surface area (Å²) in [4.78, 5) is 28.1. The van der Waals surface area contributed by atoms with Gasteiger partial charge in [0, 0.05) is 10.4 Å². The molecular formula is C23H18FNO4S. The number of hydrogen-bond acceptors (Lipinski definition) is 5. The summed E-state index contributed by atoms with van der Waals surface area (Å²) in [5, 5.41) is 22.5. The van der Waals surface area contributed by atoms with E-state index < -0.39 is 23.5 Å². The second kappa shape index (κ2) is 7.76. The lowest BCUT2D eigenvalue weighted by Crippen LogP contribution is -2.28. The van der Waals surface area contributed by atoms with Crippen LogP contribution in [-0.2, 0) is 16.1 Å². The van der Waals surface area contributed by atoms with Crippen molar-refractivity contribution in [2.24, 2.45) is 0 Å². The molecule has 3 aromatic rings. The maximum absolute atomic E-state index is 13.7. The van der Waals surface area contributed by atoms with Crippen molar-refractivity contribution in [1.29, 1.82) is 0 Å². The first-order valence-corrected chi connectivity index (χ1v) is 10.1. The summed E-state index contributed by atoms with van der Waals surface area (Å²) in [6, 6.07) is 13.0. The number of Topliss-reactive ketones (excluding diaryl/α,β-unsaturated/α-hetero) is 1. The molecule has 1 unspecified atom stereocenters. The Morgan fingerprint density at radius 1 is 1.13 bits per heavy atom. The molecule has 0 radical (unpaired) electrons. The number of nitrogens with zero attached hydrogens (tertiary/aromatic N) is 1. The molecule has 1 amide bonds. The number of benzene rings is 2. The van der Waals surface area contributed by atoms with E-state index in [4.69, 9.17) is 0 Å². The molecule has 2 heterocycles. The number of carbonyl (C=O) groups is 2. The minimum atomic E-state index is -0.835. The quantitative estimate of drug-likeness (QED) is 0.367. The molecule has 1 saturated heterocycles. The molecule has 1 atom stereocenters. The van der Waals surface area contributed by atoms with Crippen LogP contribution in [0.2, 0.25) is 0 Å². The number of hydrogen-bond donors (Lipinski definition) is 2. The lowest BCUT2D eigenvalue weighted by molar-refractivity contribution is -0.140. The van der Waals surface area contributed by atoms with Gasteiger partial charge in [-0.3, -0.25) is 9.59 Å². The molecule has 2 aromatic carbocycles. The van der Waals surface area contributed by atoms with Gasteiger partial charge in [-0.1, -0.05) is 18.2 Å². The van der Waals surface area contributed by atoms with Crippen molar-refractivity contribution >= 4 is 28.8 Å². The second-order valence-corrected chi connectivity index (χ2v) is 8.09. The summed E-state index contributed by atoms with van der Waals surface area (Å²) in [5.74, 6) is -2.27. The van der Waals surface area contributed by atoms with Crippen molar-refractivity contribution in [1.82, 2.24) is 4.90 Å². The van der Waals surface area contributed by atoms with Crippen molar-refractivity contribution in [2.75, 3.05) is 0 Å². The molecule has 0 bridgehead atoms. The van der Waals surface area contributed by atoms with E-state index in [-0.39, 0.29) is 29.2 Å². The third-order valence-corrected chi connectivity index (χ3v) is 5.95. The Hall–Kier alpha value is -3.45. The number of thiophene rings is 1. The minimum absolute atomic E-state index is 0.0446. The number of aliphatic hydroxyl groups is 1. The highest BCUT2D eigenvalue weighted by molar-refractivity contribution is 7.09.